The maximum absolute atomic E-state index is 7.24. The van der Waals surface area contributed by atoms with Gasteiger partial charge in [-0.25, -0.2) is 0 Å². The van der Waals surface area contributed by atoms with E-state index in [0.29, 0.717) is 0 Å². The summed E-state index contributed by atoms with van der Waals surface area (Å²) in [6, 6.07) is 77.3. The second-order valence-electron chi connectivity index (χ2n) is 23.7. The van der Waals surface area contributed by atoms with Crippen LogP contribution in [0.1, 0.15) is 99.9 Å². The molecule has 10 aromatic carbocycles. The fraction of sp³-hybridized carbons (Fsp3) is 0.167. The van der Waals surface area contributed by atoms with Crippen LogP contribution in [0.25, 0.3) is 66.4 Å². The van der Waals surface area contributed by atoms with Crippen molar-refractivity contribution < 1.29 is 4.42 Å². The van der Waals surface area contributed by atoms with Crippen molar-refractivity contribution in [1.29, 1.82) is 0 Å². The van der Waals surface area contributed by atoms with E-state index in [1.807, 2.05) is 0 Å². The summed E-state index contributed by atoms with van der Waals surface area (Å²) >= 11 is 0. The number of fused-ring (bicyclic) bond motifs is 16. The summed E-state index contributed by atoms with van der Waals surface area (Å²) in [5.74, 6) is 0. The van der Waals surface area contributed by atoms with Crippen LogP contribution in [0.4, 0.5) is 34.1 Å². The van der Waals surface area contributed by atoms with Crippen LogP contribution in [0.5, 0.6) is 0 Å². The second kappa shape index (κ2) is 15.1. The van der Waals surface area contributed by atoms with Gasteiger partial charge < -0.3 is 14.2 Å². The van der Waals surface area contributed by atoms with Gasteiger partial charge in [-0.15, -0.1) is 0 Å². The second-order valence-corrected chi connectivity index (χ2v) is 23.7. The minimum atomic E-state index is -0.341. The maximum Gasteiger partial charge on any atom is 0.145 e. The number of furan rings is 1. The fourth-order valence-corrected chi connectivity index (χ4v) is 14.3. The number of benzene rings is 10. The van der Waals surface area contributed by atoms with Crippen LogP contribution < -0.4 is 9.80 Å². The topological polar surface area (TPSA) is 19.6 Å². The van der Waals surface area contributed by atoms with E-state index in [4.69, 9.17) is 4.42 Å². The molecule has 0 unspecified atom stereocenters. The minimum absolute atomic E-state index is 0.109. The van der Waals surface area contributed by atoms with Crippen LogP contribution in [-0.4, -0.2) is 0 Å². The van der Waals surface area contributed by atoms with Gasteiger partial charge in [0.2, 0.25) is 0 Å². The van der Waals surface area contributed by atoms with Gasteiger partial charge in [0.05, 0.1) is 11.1 Å². The summed E-state index contributed by atoms with van der Waals surface area (Å²) < 4.78 is 7.24. The van der Waals surface area contributed by atoms with E-state index >= 15 is 0 Å². The molecule has 0 spiro atoms. The maximum atomic E-state index is 7.24. The van der Waals surface area contributed by atoms with Gasteiger partial charge in [0.25, 0.3) is 0 Å². The molecule has 0 atom stereocenters. The van der Waals surface area contributed by atoms with E-state index in [1.165, 1.54) is 89.0 Å². The van der Waals surface area contributed by atoms with Crippen LogP contribution in [0.2, 0.25) is 0 Å². The standard InChI is InChI=1S/C72H58N2O/c1-69(2)56-28-18-15-25-48(56)50-34-31-45(37-58(50)69)73(43-21-11-9-12-22-43)46-32-36-52-54-40-55-62(41-61(54)71(5,6)60(52)38-46)72(7,8)63-42-64(67-53-27-17-20-30-65(53)75-68(67)66(55)63)74(44-23-13-10-14-24-44)47-33-35-51-49-26-16-19-29-57(49)70(3,4)59(51)39-47/h9-42H,1-8H3. The lowest BCUT2D eigenvalue weighted by atomic mass is 9.77. The fourth-order valence-electron chi connectivity index (χ4n) is 14.3. The predicted molar refractivity (Wildman–Crippen MR) is 313 cm³/mol. The van der Waals surface area contributed by atoms with E-state index in [0.717, 1.165) is 56.1 Å². The Morgan fingerprint density at radius 1 is 0.293 bits per heavy atom. The molecule has 11 aromatic rings. The Hall–Kier alpha value is -8.40. The molecule has 1 heterocycles. The number of hydrogen-bond acceptors (Lipinski definition) is 3. The summed E-state index contributed by atoms with van der Waals surface area (Å²) in [5.41, 5.74) is 29.0. The molecule has 4 aliphatic rings. The molecule has 0 radical (unpaired) electrons. The molecular formula is C72H58N2O. The number of anilines is 6. The molecule has 15 rings (SSSR count). The molecule has 0 fully saturated rings. The Labute approximate surface area is 440 Å². The van der Waals surface area contributed by atoms with Crippen LogP contribution >= 0.6 is 0 Å². The first-order valence-electron chi connectivity index (χ1n) is 26.7. The lowest BCUT2D eigenvalue weighted by molar-refractivity contribution is 0.638. The van der Waals surface area contributed by atoms with Crippen molar-refractivity contribution in [1.82, 2.24) is 0 Å². The first-order valence-corrected chi connectivity index (χ1v) is 26.7. The van der Waals surface area contributed by atoms with Crippen molar-refractivity contribution >= 4 is 56.1 Å². The highest BCUT2D eigenvalue weighted by Gasteiger charge is 2.45. The van der Waals surface area contributed by atoms with Crippen molar-refractivity contribution in [3.05, 3.63) is 251 Å². The molecule has 1 aromatic heterocycles. The van der Waals surface area contributed by atoms with Gasteiger partial charge in [0.1, 0.15) is 11.2 Å². The number of rotatable bonds is 6. The van der Waals surface area contributed by atoms with Crippen LogP contribution in [0.15, 0.2) is 211 Å². The highest BCUT2D eigenvalue weighted by molar-refractivity contribution is 6.19. The molecular weight excluding hydrogens is 909 g/mol. The SMILES string of the molecule is CC1(C)c2ccccc2-c2ccc(N(c3ccccc3)c3ccc4c(c3)C(C)(C)c3cc5c(cc3-4)-c3c(cc(N(c4ccccc4)c4ccc6c(c4)C(C)(C)c4ccccc4-6)c4c3oc3ccccc34)C5(C)C)cc21. The third-order valence-electron chi connectivity index (χ3n) is 18.2. The van der Waals surface area contributed by atoms with Crippen LogP contribution in [-0.2, 0) is 21.7 Å². The van der Waals surface area contributed by atoms with Crippen molar-refractivity contribution in [2.75, 3.05) is 9.80 Å². The smallest absolute Gasteiger partial charge is 0.145 e. The molecule has 0 bridgehead atoms. The third kappa shape index (κ3) is 5.93. The Balaban J connectivity index is 0.902. The molecule has 0 saturated carbocycles. The molecule has 75 heavy (non-hydrogen) atoms. The summed E-state index contributed by atoms with van der Waals surface area (Å²) in [4.78, 5) is 4.94. The van der Waals surface area contributed by atoms with Gasteiger partial charge >= 0.3 is 0 Å². The van der Waals surface area contributed by atoms with Crippen molar-refractivity contribution in [3.8, 4) is 44.5 Å². The molecule has 0 amide bonds. The van der Waals surface area contributed by atoms with Crippen molar-refractivity contribution in [2.45, 2.75) is 77.0 Å². The van der Waals surface area contributed by atoms with Crippen molar-refractivity contribution in [2.24, 2.45) is 0 Å². The van der Waals surface area contributed by atoms with Gasteiger partial charge in [-0.05, 0) is 162 Å². The van der Waals surface area contributed by atoms with Gasteiger partial charge in [-0.2, -0.15) is 0 Å². The first kappa shape index (κ1) is 44.1. The zero-order valence-corrected chi connectivity index (χ0v) is 43.9. The molecule has 0 N–H and O–H groups in total. The average molecular weight is 967 g/mol. The van der Waals surface area contributed by atoms with Gasteiger partial charge in [-0.1, -0.05) is 183 Å². The third-order valence-corrected chi connectivity index (χ3v) is 18.2. The quantitative estimate of drug-likeness (QED) is 0.166. The number of nitrogens with zero attached hydrogens (tertiary/aromatic N) is 2. The van der Waals surface area contributed by atoms with Crippen LogP contribution in [0.3, 0.4) is 0 Å². The zero-order valence-electron chi connectivity index (χ0n) is 43.9. The molecule has 3 nitrogen and oxygen atoms in total. The highest BCUT2D eigenvalue weighted by atomic mass is 16.3. The predicted octanol–water partition coefficient (Wildman–Crippen LogP) is 19.8. The zero-order chi connectivity index (χ0) is 50.9. The molecule has 362 valence electrons. The lowest BCUT2D eigenvalue weighted by Crippen LogP contribution is -2.20. The normalized spacial score (nSPS) is 15.9. The summed E-state index contributed by atoms with van der Waals surface area (Å²) in [6.45, 7) is 19.2. The number of hydrogen-bond donors (Lipinski definition) is 0. The summed E-state index contributed by atoms with van der Waals surface area (Å²) in [6.07, 6.45) is 0. The van der Waals surface area contributed by atoms with Crippen molar-refractivity contribution in [3.63, 3.8) is 0 Å². The Morgan fingerprint density at radius 3 is 1.28 bits per heavy atom. The van der Waals surface area contributed by atoms with E-state index in [2.05, 4.69) is 271 Å². The molecule has 0 saturated heterocycles. The Kier molecular flexibility index (Phi) is 8.89. The minimum Gasteiger partial charge on any atom is -0.455 e. The molecule has 0 aliphatic heterocycles. The first-order chi connectivity index (χ1) is 36.2. The Morgan fingerprint density at radius 2 is 0.707 bits per heavy atom. The van der Waals surface area contributed by atoms with Gasteiger partial charge in [-0.3, -0.25) is 0 Å². The number of para-hydroxylation sites is 3. The van der Waals surface area contributed by atoms with Crippen LogP contribution in [0, 0.1) is 0 Å². The lowest BCUT2D eigenvalue weighted by Gasteiger charge is -2.30. The van der Waals surface area contributed by atoms with E-state index in [9.17, 15) is 0 Å². The summed E-state index contributed by atoms with van der Waals surface area (Å²) in [5, 5.41) is 2.25. The Bertz CT molecular complexity index is 4240. The largest absolute Gasteiger partial charge is 0.455 e. The average Bonchev–Trinajstić information content (AvgIpc) is 4.14. The van der Waals surface area contributed by atoms with E-state index in [-0.39, 0.29) is 21.7 Å². The van der Waals surface area contributed by atoms with Gasteiger partial charge in [0, 0.05) is 61.0 Å². The van der Waals surface area contributed by atoms with E-state index < -0.39 is 0 Å². The van der Waals surface area contributed by atoms with Gasteiger partial charge in [0.15, 0.2) is 0 Å². The monoisotopic (exact) mass is 966 g/mol. The molecule has 4 aliphatic carbocycles. The highest BCUT2D eigenvalue weighted by Crippen LogP contribution is 2.61. The van der Waals surface area contributed by atoms with E-state index in [1.54, 1.807) is 0 Å². The summed E-state index contributed by atoms with van der Waals surface area (Å²) in [7, 11) is 0. The molecule has 3 heteroatoms.